The first-order valence-corrected chi connectivity index (χ1v) is 8.38. The predicted octanol–water partition coefficient (Wildman–Crippen LogP) is 4.09. The molecule has 0 aromatic heterocycles. The number of rotatable bonds is 3. The highest BCUT2D eigenvalue weighted by Crippen LogP contribution is 2.31. The first-order valence-electron chi connectivity index (χ1n) is 6.90. The van der Waals surface area contributed by atoms with Crippen LogP contribution in [0.15, 0.2) is 53.4 Å². The van der Waals surface area contributed by atoms with E-state index in [0.29, 0.717) is 10.6 Å². The lowest BCUT2D eigenvalue weighted by Gasteiger charge is -2.23. The number of hydrogen-bond acceptors (Lipinski definition) is 2. The molecule has 0 atom stereocenters. The van der Waals surface area contributed by atoms with Crippen molar-refractivity contribution in [2.75, 3.05) is 4.72 Å². The highest BCUT2D eigenvalue weighted by molar-refractivity contribution is 7.92. The van der Waals surface area contributed by atoms with Crippen molar-refractivity contribution >= 4 is 15.7 Å². The summed E-state index contributed by atoms with van der Waals surface area (Å²) >= 11 is 0. The number of aryl methyl sites for hydroxylation is 1. The zero-order chi connectivity index (χ0) is 15.7. The Hall–Kier alpha value is -1.81. The normalized spacial score (nSPS) is 12.2. The third-order valence-electron chi connectivity index (χ3n) is 3.36. The first kappa shape index (κ1) is 15.6. The van der Waals surface area contributed by atoms with Crippen molar-refractivity contribution in [3.63, 3.8) is 0 Å². The lowest BCUT2D eigenvalue weighted by atomic mass is 9.86. The molecule has 0 radical (unpaired) electrons. The van der Waals surface area contributed by atoms with Crippen LogP contribution in [-0.2, 0) is 15.4 Å². The van der Waals surface area contributed by atoms with Gasteiger partial charge < -0.3 is 0 Å². The molecular formula is C17H21NO2S. The fourth-order valence-electron chi connectivity index (χ4n) is 2.28. The summed E-state index contributed by atoms with van der Waals surface area (Å²) in [5, 5.41) is 0. The maximum absolute atomic E-state index is 12.6. The maximum atomic E-state index is 12.6. The molecule has 0 aliphatic carbocycles. The van der Waals surface area contributed by atoms with Crippen LogP contribution in [0.5, 0.6) is 0 Å². The van der Waals surface area contributed by atoms with Gasteiger partial charge in [0.1, 0.15) is 0 Å². The van der Waals surface area contributed by atoms with Gasteiger partial charge in [0.15, 0.2) is 0 Å². The van der Waals surface area contributed by atoms with E-state index in [1.165, 1.54) is 0 Å². The Balaban J connectivity index is 2.46. The van der Waals surface area contributed by atoms with Crippen molar-refractivity contribution in [3.05, 3.63) is 59.7 Å². The lowest BCUT2D eigenvalue weighted by Crippen LogP contribution is -2.19. The van der Waals surface area contributed by atoms with Crippen LogP contribution in [0.1, 0.15) is 31.9 Å². The molecule has 112 valence electrons. The van der Waals surface area contributed by atoms with E-state index < -0.39 is 10.0 Å². The van der Waals surface area contributed by atoms with E-state index >= 15 is 0 Å². The van der Waals surface area contributed by atoms with Gasteiger partial charge in [-0.05, 0) is 35.6 Å². The van der Waals surface area contributed by atoms with Crippen LogP contribution in [0, 0.1) is 6.92 Å². The van der Waals surface area contributed by atoms with Crippen molar-refractivity contribution in [3.8, 4) is 0 Å². The van der Waals surface area contributed by atoms with Gasteiger partial charge in [-0.25, -0.2) is 8.42 Å². The highest BCUT2D eigenvalue weighted by atomic mass is 32.2. The smallest absolute Gasteiger partial charge is 0.262 e. The van der Waals surface area contributed by atoms with Crippen LogP contribution in [0.2, 0.25) is 0 Å². The molecule has 21 heavy (non-hydrogen) atoms. The van der Waals surface area contributed by atoms with E-state index in [1.807, 2.05) is 24.3 Å². The fourth-order valence-corrected chi connectivity index (χ4v) is 3.61. The molecule has 0 aliphatic heterocycles. The van der Waals surface area contributed by atoms with Crippen LogP contribution < -0.4 is 4.72 Å². The number of nitrogens with one attached hydrogen (secondary N) is 1. The van der Waals surface area contributed by atoms with Crippen molar-refractivity contribution in [2.24, 2.45) is 0 Å². The Kier molecular flexibility index (Phi) is 4.10. The maximum Gasteiger partial charge on any atom is 0.262 e. The van der Waals surface area contributed by atoms with Crippen molar-refractivity contribution in [1.29, 1.82) is 0 Å². The van der Waals surface area contributed by atoms with E-state index in [4.69, 9.17) is 0 Å². The molecule has 0 bridgehead atoms. The minimum atomic E-state index is -3.58. The quantitative estimate of drug-likeness (QED) is 0.928. The number of para-hydroxylation sites is 1. The molecule has 0 amide bonds. The summed E-state index contributed by atoms with van der Waals surface area (Å²) in [5.41, 5.74) is 2.21. The molecule has 0 aliphatic rings. The summed E-state index contributed by atoms with van der Waals surface area (Å²) in [4.78, 5) is 0.314. The third-order valence-corrected chi connectivity index (χ3v) is 4.89. The molecule has 0 unspecified atom stereocenters. The molecule has 2 aromatic rings. The van der Waals surface area contributed by atoms with Crippen LogP contribution in [0.4, 0.5) is 5.69 Å². The average molecular weight is 303 g/mol. The van der Waals surface area contributed by atoms with E-state index in [9.17, 15) is 8.42 Å². The molecular weight excluding hydrogens is 282 g/mol. The van der Waals surface area contributed by atoms with Crippen LogP contribution >= 0.6 is 0 Å². The number of benzene rings is 2. The summed E-state index contributed by atoms with van der Waals surface area (Å²) in [7, 11) is -3.58. The molecule has 0 spiro atoms. The molecule has 3 nitrogen and oxygen atoms in total. The van der Waals surface area contributed by atoms with Gasteiger partial charge in [-0.2, -0.15) is 0 Å². The minimum absolute atomic E-state index is 0.134. The molecule has 0 saturated carbocycles. The van der Waals surface area contributed by atoms with Crippen LogP contribution in [-0.4, -0.2) is 8.42 Å². The molecule has 2 rings (SSSR count). The molecule has 0 fully saturated rings. The summed E-state index contributed by atoms with van der Waals surface area (Å²) in [6.07, 6.45) is 0. The Bertz CT molecular complexity index is 743. The first-order chi connectivity index (χ1) is 9.72. The Labute approximate surface area is 127 Å². The van der Waals surface area contributed by atoms with E-state index in [0.717, 1.165) is 11.1 Å². The summed E-state index contributed by atoms with van der Waals surface area (Å²) in [5.74, 6) is 0. The Morgan fingerprint density at radius 2 is 1.48 bits per heavy atom. The second-order valence-corrected chi connectivity index (χ2v) is 7.82. The largest absolute Gasteiger partial charge is 0.279 e. The van der Waals surface area contributed by atoms with Crippen LogP contribution in [0.3, 0.4) is 0 Å². The molecule has 1 N–H and O–H groups in total. The summed E-state index contributed by atoms with van der Waals surface area (Å²) < 4.78 is 27.9. The topological polar surface area (TPSA) is 46.2 Å². The summed E-state index contributed by atoms with van der Waals surface area (Å²) in [6, 6.07) is 14.5. The molecule has 4 heteroatoms. The van der Waals surface area contributed by atoms with Gasteiger partial charge in [-0.1, -0.05) is 57.2 Å². The SMILES string of the molecule is Cc1ccccc1S(=O)(=O)Nc1ccccc1C(C)(C)C. The van der Waals surface area contributed by atoms with Gasteiger partial charge in [0.25, 0.3) is 10.0 Å². The Morgan fingerprint density at radius 3 is 2.10 bits per heavy atom. The van der Waals surface area contributed by atoms with Crippen molar-refractivity contribution < 1.29 is 8.42 Å². The molecule has 0 saturated heterocycles. The fraction of sp³-hybridized carbons (Fsp3) is 0.294. The molecule has 2 aromatic carbocycles. The summed E-state index contributed by atoms with van der Waals surface area (Å²) in [6.45, 7) is 7.99. The minimum Gasteiger partial charge on any atom is -0.279 e. The number of anilines is 1. The van der Waals surface area contributed by atoms with Gasteiger partial charge in [-0.3, -0.25) is 4.72 Å². The standard InChI is InChI=1S/C17H21NO2S/c1-13-9-5-8-12-16(13)21(19,20)18-15-11-7-6-10-14(15)17(2,3)4/h5-12,18H,1-4H3. The van der Waals surface area contributed by atoms with Gasteiger partial charge >= 0.3 is 0 Å². The van der Waals surface area contributed by atoms with Crippen molar-refractivity contribution in [1.82, 2.24) is 0 Å². The van der Waals surface area contributed by atoms with Crippen molar-refractivity contribution in [2.45, 2.75) is 38.0 Å². The number of sulfonamides is 1. The molecule has 0 heterocycles. The average Bonchev–Trinajstić information content (AvgIpc) is 2.38. The second kappa shape index (κ2) is 5.53. The van der Waals surface area contributed by atoms with E-state index in [-0.39, 0.29) is 5.41 Å². The third kappa shape index (κ3) is 3.45. The number of hydrogen-bond donors (Lipinski definition) is 1. The van der Waals surface area contributed by atoms with E-state index in [1.54, 1.807) is 31.2 Å². The van der Waals surface area contributed by atoms with Crippen LogP contribution in [0.25, 0.3) is 0 Å². The van der Waals surface area contributed by atoms with E-state index in [2.05, 4.69) is 25.5 Å². The van der Waals surface area contributed by atoms with Gasteiger partial charge in [0.05, 0.1) is 10.6 Å². The lowest BCUT2D eigenvalue weighted by molar-refractivity contribution is 0.590. The Morgan fingerprint density at radius 1 is 0.905 bits per heavy atom. The van der Waals surface area contributed by atoms with Gasteiger partial charge in [-0.15, -0.1) is 0 Å². The second-order valence-electron chi connectivity index (χ2n) is 6.17. The monoisotopic (exact) mass is 303 g/mol. The van der Waals surface area contributed by atoms with Gasteiger partial charge in [0.2, 0.25) is 0 Å². The van der Waals surface area contributed by atoms with Gasteiger partial charge in [0, 0.05) is 0 Å². The highest BCUT2D eigenvalue weighted by Gasteiger charge is 2.22. The zero-order valence-corrected chi connectivity index (χ0v) is 13.7. The zero-order valence-electron chi connectivity index (χ0n) is 12.8. The predicted molar refractivity (Wildman–Crippen MR) is 87.1 cm³/mol.